The predicted octanol–water partition coefficient (Wildman–Crippen LogP) is 3.89. The highest BCUT2D eigenvalue weighted by atomic mass is 79.9. The number of carbonyl (C=O) groups is 1. The first-order chi connectivity index (χ1) is 12.7. The van der Waals surface area contributed by atoms with Crippen LogP contribution >= 0.6 is 15.9 Å². The van der Waals surface area contributed by atoms with E-state index in [-0.39, 0.29) is 22.9 Å². The number of benzene rings is 2. The Morgan fingerprint density at radius 3 is 2.41 bits per heavy atom. The van der Waals surface area contributed by atoms with Gasteiger partial charge in [0.05, 0.1) is 5.69 Å². The minimum Gasteiger partial charge on any atom is -0.309 e. The molecule has 2 heterocycles. The molecule has 7 heteroatoms. The number of nitrogens with zero attached hydrogens (tertiary/aromatic N) is 2. The minimum atomic E-state index is -3.77. The quantitative estimate of drug-likeness (QED) is 0.699. The van der Waals surface area contributed by atoms with E-state index >= 15 is 0 Å². The van der Waals surface area contributed by atoms with Crippen molar-refractivity contribution in [1.82, 2.24) is 0 Å². The molecule has 2 atom stereocenters. The lowest BCUT2D eigenvalue weighted by Crippen LogP contribution is -2.36. The van der Waals surface area contributed by atoms with Crippen molar-refractivity contribution in [1.29, 1.82) is 0 Å². The van der Waals surface area contributed by atoms with Gasteiger partial charge in [0.1, 0.15) is 4.90 Å². The summed E-state index contributed by atoms with van der Waals surface area (Å²) < 4.78 is 29.2. The molecule has 0 bridgehead atoms. The summed E-state index contributed by atoms with van der Waals surface area (Å²) in [6.07, 6.45) is 1.41. The molecule has 0 saturated heterocycles. The minimum absolute atomic E-state index is 0.0220. The molecule has 0 N–H and O–H groups in total. The maximum Gasteiger partial charge on any atom is 0.265 e. The smallest absolute Gasteiger partial charge is 0.265 e. The first-order valence-electron chi connectivity index (χ1n) is 8.96. The number of fused-ring (bicyclic) bond motifs is 2. The van der Waals surface area contributed by atoms with E-state index < -0.39 is 10.0 Å². The molecule has 142 valence electrons. The van der Waals surface area contributed by atoms with E-state index in [0.717, 1.165) is 23.2 Å². The van der Waals surface area contributed by atoms with Crippen LogP contribution in [-0.4, -0.2) is 26.4 Å². The fourth-order valence-electron chi connectivity index (χ4n) is 4.31. The summed E-state index contributed by atoms with van der Waals surface area (Å²) in [6, 6.07) is 11.0. The largest absolute Gasteiger partial charge is 0.309 e. The summed E-state index contributed by atoms with van der Waals surface area (Å²) in [4.78, 5) is 14.0. The molecule has 2 aromatic rings. The third-order valence-corrected chi connectivity index (χ3v) is 8.26. The molecular formula is C20H21BrN2O3S. The van der Waals surface area contributed by atoms with Gasteiger partial charge in [-0.15, -0.1) is 0 Å². The number of carbonyl (C=O) groups excluding carboxylic acids is 1. The SMILES string of the molecule is CC(=O)N1c2cc(S(=O)(=O)N3c4ccccc4C[C@@H]3C)c(Br)cc2C[C@H]1C. The van der Waals surface area contributed by atoms with Crippen LogP contribution in [-0.2, 0) is 27.7 Å². The Kier molecular flexibility index (Phi) is 4.35. The highest BCUT2D eigenvalue weighted by Crippen LogP contribution is 2.42. The summed E-state index contributed by atoms with van der Waals surface area (Å²) in [5.41, 5.74) is 3.44. The predicted molar refractivity (Wildman–Crippen MR) is 110 cm³/mol. The fraction of sp³-hybridized carbons (Fsp3) is 0.350. The van der Waals surface area contributed by atoms with Crippen LogP contribution in [0.3, 0.4) is 0 Å². The van der Waals surface area contributed by atoms with Gasteiger partial charge in [-0.05, 0) is 71.9 Å². The molecular weight excluding hydrogens is 428 g/mol. The summed E-state index contributed by atoms with van der Waals surface area (Å²) in [5, 5.41) is 0. The number of para-hydroxylation sites is 1. The van der Waals surface area contributed by atoms with E-state index in [1.807, 2.05) is 44.2 Å². The molecule has 0 unspecified atom stereocenters. The zero-order valence-electron chi connectivity index (χ0n) is 15.4. The summed E-state index contributed by atoms with van der Waals surface area (Å²) in [5.74, 6) is -0.0770. The van der Waals surface area contributed by atoms with Crippen LogP contribution in [0.25, 0.3) is 0 Å². The highest BCUT2D eigenvalue weighted by molar-refractivity contribution is 9.10. The topological polar surface area (TPSA) is 57.7 Å². The molecule has 0 radical (unpaired) electrons. The molecule has 2 aliphatic rings. The Morgan fingerprint density at radius 2 is 1.70 bits per heavy atom. The van der Waals surface area contributed by atoms with Crippen LogP contribution in [0, 0.1) is 0 Å². The van der Waals surface area contributed by atoms with E-state index in [1.165, 1.54) is 11.2 Å². The lowest BCUT2D eigenvalue weighted by Gasteiger charge is -2.26. The van der Waals surface area contributed by atoms with Crippen molar-refractivity contribution in [3.8, 4) is 0 Å². The average Bonchev–Trinajstić information content (AvgIpc) is 3.08. The van der Waals surface area contributed by atoms with Gasteiger partial charge in [-0.2, -0.15) is 0 Å². The Bertz CT molecular complexity index is 1050. The second-order valence-electron chi connectivity index (χ2n) is 7.34. The van der Waals surface area contributed by atoms with Crippen LogP contribution in [0.2, 0.25) is 0 Å². The lowest BCUT2D eigenvalue weighted by atomic mass is 10.1. The molecule has 4 rings (SSSR count). The fourth-order valence-corrected chi connectivity index (χ4v) is 7.07. The number of anilines is 2. The highest BCUT2D eigenvalue weighted by Gasteiger charge is 2.39. The van der Waals surface area contributed by atoms with Gasteiger partial charge in [0.15, 0.2) is 0 Å². The number of sulfonamides is 1. The van der Waals surface area contributed by atoms with E-state index in [4.69, 9.17) is 0 Å². The second-order valence-corrected chi connectivity index (χ2v) is 9.97. The van der Waals surface area contributed by atoms with Crippen LogP contribution < -0.4 is 9.21 Å². The summed E-state index contributed by atoms with van der Waals surface area (Å²) >= 11 is 3.46. The molecule has 2 aliphatic heterocycles. The molecule has 1 amide bonds. The second kappa shape index (κ2) is 6.34. The van der Waals surface area contributed by atoms with E-state index in [1.54, 1.807) is 11.0 Å². The molecule has 0 spiro atoms. The van der Waals surface area contributed by atoms with E-state index in [2.05, 4.69) is 15.9 Å². The van der Waals surface area contributed by atoms with Crippen LogP contribution in [0.15, 0.2) is 45.8 Å². The van der Waals surface area contributed by atoms with Crippen molar-refractivity contribution >= 4 is 43.2 Å². The van der Waals surface area contributed by atoms with E-state index in [0.29, 0.717) is 16.6 Å². The van der Waals surface area contributed by atoms with Crippen molar-refractivity contribution in [2.24, 2.45) is 0 Å². The first kappa shape index (κ1) is 18.5. The summed E-state index contributed by atoms with van der Waals surface area (Å²) in [6.45, 7) is 5.41. The molecule has 0 fully saturated rings. The monoisotopic (exact) mass is 448 g/mol. The van der Waals surface area contributed by atoms with Crippen molar-refractivity contribution in [2.75, 3.05) is 9.21 Å². The van der Waals surface area contributed by atoms with Crippen LogP contribution in [0.1, 0.15) is 31.9 Å². The molecule has 5 nitrogen and oxygen atoms in total. The van der Waals surface area contributed by atoms with Gasteiger partial charge in [0, 0.05) is 29.2 Å². The van der Waals surface area contributed by atoms with Gasteiger partial charge in [-0.1, -0.05) is 18.2 Å². The standard InChI is InChI=1S/C20H21BrN2O3S/c1-12-8-16-10-17(21)20(11-19(16)22(12)14(3)24)27(25,26)23-13(2)9-15-6-4-5-7-18(15)23/h4-7,10-13H,8-9H2,1-3H3/t12-,13+/m1/s1. The number of halogens is 1. The van der Waals surface area contributed by atoms with Gasteiger partial charge in [-0.25, -0.2) is 8.42 Å². The number of hydrogen-bond donors (Lipinski definition) is 0. The Hall–Kier alpha value is -1.86. The normalized spacial score (nSPS) is 21.3. The van der Waals surface area contributed by atoms with Crippen LogP contribution in [0.5, 0.6) is 0 Å². The third-order valence-electron chi connectivity index (χ3n) is 5.37. The number of hydrogen-bond acceptors (Lipinski definition) is 3. The maximum atomic E-state index is 13.6. The number of amides is 1. The third kappa shape index (κ3) is 2.79. The molecule has 0 aliphatic carbocycles. The molecule has 0 saturated carbocycles. The molecule has 27 heavy (non-hydrogen) atoms. The van der Waals surface area contributed by atoms with Gasteiger partial charge in [0.25, 0.3) is 10.0 Å². The van der Waals surface area contributed by atoms with Crippen LogP contribution in [0.4, 0.5) is 11.4 Å². The Morgan fingerprint density at radius 1 is 1.04 bits per heavy atom. The Labute approximate surface area is 168 Å². The zero-order chi connectivity index (χ0) is 19.5. The average molecular weight is 449 g/mol. The maximum absolute atomic E-state index is 13.6. The lowest BCUT2D eigenvalue weighted by molar-refractivity contribution is -0.116. The van der Waals surface area contributed by atoms with Crippen molar-refractivity contribution in [2.45, 2.75) is 50.6 Å². The van der Waals surface area contributed by atoms with Crippen molar-refractivity contribution in [3.63, 3.8) is 0 Å². The first-order valence-corrected chi connectivity index (χ1v) is 11.2. The van der Waals surface area contributed by atoms with E-state index in [9.17, 15) is 13.2 Å². The van der Waals surface area contributed by atoms with Gasteiger partial charge >= 0.3 is 0 Å². The Balaban J connectivity index is 1.86. The van der Waals surface area contributed by atoms with Gasteiger partial charge < -0.3 is 4.90 Å². The van der Waals surface area contributed by atoms with Crippen molar-refractivity contribution < 1.29 is 13.2 Å². The zero-order valence-corrected chi connectivity index (χ0v) is 17.8. The van der Waals surface area contributed by atoms with Gasteiger partial charge in [-0.3, -0.25) is 9.10 Å². The molecule has 2 aromatic carbocycles. The molecule has 0 aromatic heterocycles. The summed E-state index contributed by atoms with van der Waals surface area (Å²) in [7, 11) is -3.77. The number of rotatable bonds is 2. The van der Waals surface area contributed by atoms with Gasteiger partial charge in [0.2, 0.25) is 5.91 Å². The van der Waals surface area contributed by atoms with Crippen molar-refractivity contribution in [3.05, 3.63) is 52.0 Å².